The maximum absolute atomic E-state index is 2.35. The van der Waals surface area contributed by atoms with Crippen LogP contribution >= 0.6 is 0 Å². The molecule has 0 nitrogen and oxygen atoms in total. The number of benzene rings is 6. The predicted octanol–water partition coefficient (Wildman–Crippen LogP) is 33.9. The first-order chi connectivity index (χ1) is 51.3. The number of unbranched alkanes of at least 4 members (excludes halogenated alkanes) is 10. The van der Waals surface area contributed by atoms with Crippen LogP contribution in [-0.4, -0.2) is 0 Å². The minimum Gasteiger partial charge on any atom is -0.0654 e. The van der Waals surface area contributed by atoms with E-state index in [0.717, 1.165) is 71.0 Å². The van der Waals surface area contributed by atoms with Gasteiger partial charge in [-0.1, -0.05) is 355 Å². The Kier molecular flexibility index (Phi) is 43.1. The smallest absolute Gasteiger partial charge is 0.0162 e. The van der Waals surface area contributed by atoms with Gasteiger partial charge < -0.3 is 0 Å². The van der Waals surface area contributed by atoms with Crippen LogP contribution in [0, 0.1) is 77.0 Å². The van der Waals surface area contributed by atoms with Crippen molar-refractivity contribution in [1.82, 2.24) is 0 Å². The van der Waals surface area contributed by atoms with E-state index in [1.165, 1.54) is 322 Å². The average molecular weight is 1420 g/mol. The Bertz CT molecular complexity index is 3020. The zero-order valence-corrected chi connectivity index (χ0v) is 70.6. The SMILES string of the molecule is CCC1CCC(c2ccc(C)cc2)CC1.CCCC1CCC(c2ccc(C)cc2)CC1.CCCCC1CCC(c2ccc(C)cc2)CC1.CCCCCC1CCC(c2ccc(C)cc2)CC1.CCCCCCC1CCC(c2ccc(C)cc2)CC1.CCCCCCCC1CCC(c2ccc(C)cc2)CC1. The molecule has 6 aromatic rings. The van der Waals surface area contributed by atoms with Gasteiger partial charge in [0.1, 0.15) is 0 Å². The van der Waals surface area contributed by atoms with Crippen LogP contribution in [0.3, 0.4) is 0 Å². The van der Waals surface area contributed by atoms with Crippen LogP contribution < -0.4 is 0 Å². The quantitative estimate of drug-likeness (QED) is 0.0451. The van der Waals surface area contributed by atoms with Crippen molar-refractivity contribution in [3.63, 3.8) is 0 Å². The molecule has 0 heteroatoms. The van der Waals surface area contributed by atoms with E-state index in [-0.39, 0.29) is 0 Å². The molecule has 0 unspecified atom stereocenters. The van der Waals surface area contributed by atoms with Gasteiger partial charge in [-0.2, -0.15) is 0 Å². The average Bonchev–Trinajstić information content (AvgIpc) is 0.905. The lowest BCUT2D eigenvalue weighted by molar-refractivity contribution is 0.302. The van der Waals surface area contributed by atoms with E-state index in [1.54, 1.807) is 33.4 Å². The van der Waals surface area contributed by atoms with Crippen molar-refractivity contribution >= 4 is 0 Å². The molecule has 12 rings (SSSR count). The number of rotatable bonds is 27. The van der Waals surface area contributed by atoms with Crippen molar-refractivity contribution in [1.29, 1.82) is 0 Å². The highest BCUT2D eigenvalue weighted by Gasteiger charge is 2.27. The van der Waals surface area contributed by atoms with E-state index in [4.69, 9.17) is 0 Å². The normalized spacial score (nSPS) is 24.5. The Morgan fingerprint density at radius 1 is 0.171 bits per heavy atom. The molecule has 6 fully saturated rings. The fraction of sp³-hybridized carbons (Fsp3) is 0.657. The minimum atomic E-state index is 0.840. The molecule has 0 spiro atoms. The third kappa shape index (κ3) is 34.0. The largest absolute Gasteiger partial charge is 0.0654 e. The first-order valence-corrected chi connectivity index (χ1v) is 45.7. The van der Waals surface area contributed by atoms with Crippen LogP contribution in [0.5, 0.6) is 0 Å². The van der Waals surface area contributed by atoms with E-state index in [0.29, 0.717) is 0 Å². The highest BCUT2D eigenvalue weighted by atomic mass is 14.3. The van der Waals surface area contributed by atoms with Crippen molar-refractivity contribution in [2.45, 2.75) is 408 Å². The van der Waals surface area contributed by atoms with Gasteiger partial charge in [0.25, 0.3) is 0 Å². The first-order valence-electron chi connectivity index (χ1n) is 45.7. The molecule has 6 aliphatic carbocycles. The lowest BCUT2D eigenvalue weighted by Gasteiger charge is -2.29. The molecule has 6 aromatic carbocycles. The fourth-order valence-electron chi connectivity index (χ4n) is 19.3. The number of hydrogen-bond acceptors (Lipinski definition) is 0. The second kappa shape index (κ2) is 51.7. The minimum absolute atomic E-state index is 0.840. The van der Waals surface area contributed by atoms with Gasteiger partial charge in [-0.05, 0) is 300 Å². The highest BCUT2D eigenvalue weighted by molar-refractivity contribution is 5.30. The molecule has 0 aromatic heterocycles. The van der Waals surface area contributed by atoms with Crippen molar-refractivity contribution < 1.29 is 0 Å². The molecule has 0 atom stereocenters. The maximum Gasteiger partial charge on any atom is -0.0162 e. The van der Waals surface area contributed by atoms with Crippen LogP contribution in [-0.2, 0) is 0 Å². The number of hydrogen-bond donors (Lipinski definition) is 0. The molecule has 0 bridgehead atoms. The summed E-state index contributed by atoms with van der Waals surface area (Å²) in [5.41, 5.74) is 17.7. The summed E-state index contributed by atoms with van der Waals surface area (Å²) < 4.78 is 0. The molecular weight excluding hydrogens is 1260 g/mol. The fourth-order valence-corrected chi connectivity index (χ4v) is 19.3. The summed E-state index contributed by atoms with van der Waals surface area (Å²) in [6.45, 7) is 26.9. The topological polar surface area (TPSA) is 0 Å². The molecule has 6 aliphatic rings. The standard InChI is InChI=1S/C20H32.C19H30.C18H28.C17H26.C16H24.C15H22/c1-3-4-5-6-7-8-18-11-15-20(16-12-18)19-13-9-17(2)10-14-19;1-3-4-5-6-7-17-10-14-19(15-11-17)18-12-8-16(2)9-13-18;1-3-4-5-6-16-9-13-18(14-10-16)17-11-7-15(2)8-12-17;1-3-4-5-15-8-12-17(13-9-15)16-10-6-14(2)7-11-16;1-3-4-14-7-11-16(12-8-14)15-9-5-13(2)6-10-15;1-3-13-6-10-15(11-7-13)14-8-4-12(2)5-9-14/h9-10,13-14,18,20H,3-8,11-12,15-16H2,1-2H3;8-9,12-13,17,19H,3-7,10-11,14-15H2,1-2H3;7-8,11-12,16,18H,3-6,9-10,13-14H2,1-2H3;6-7,10-11,15,17H,3-5,8-9,12-13H2,1-2H3;5-6,9-10,14,16H,3-4,7-8,11-12H2,1-2H3;4-5,8-9,13,15H,3,6-7,10-11H2,1-2H3. The predicted molar refractivity (Wildman–Crippen MR) is 466 cm³/mol. The monoisotopic (exact) mass is 1420 g/mol. The van der Waals surface area contributed by atoms with Crippen molar-refractivity contribution in [2.75, 3.05) is 0 Å². The van der Waals surface area contributed by atoms with Gasteiger partial charge >= 0.3 is 0 Å². The first kappa shape index (κ1) is 87.5. The summed E-state index contributed by atoms with van der Waals surface area (Å²) in [5.74, 6) is 11.2. The van der Waals surface area contributed by atoms with Crippen LogP contribution in [0.1, 0.15) is 433 Å². The van der Waals surface area contributed by atoms with Crippen LogP contribution in [0.15, 0.2) is 146 Å². The van der Waals surface area contributed by atoms with Gasteiger partial charge in [0, 0.05) is 0 Å². The van der Waals surface area contributed by atoms with E-state index in [2.05, 4.69) is 229 Å². The molecule has 0 radical (unpaired) electrons. The van der Waals surface area contributed by atoms with Crippen LogP contribution in [0.4, 0.5) is 0 Å². The lowest BCUT2D eigenvalue weighted by Crippen LogP contribution is -2.13. The van der Waals surface area contributed by atoms with Crippen molar-refractivity contribution in [2.24, 2.45) is 35.5 Å². The summed E-state index contributed by atoms with van der Waals surface area (Å²) >= 11 is 0. The summed E-state index contributed by atoms with van der Waals surface area (Å²) in [7, 11) is 0. The summed E-state index contributed by atoms with van der Waals surface area (Å²) in [4.78, 5) is 0. The summed E-state index contributed by atoms with van der Waals surface area (Å²) in [6.07, 6.45) is 64.5. The zero-order chi connectivity index (χ0) is 74.6. The van der Waals surface area contributed by atoms with Gasteiger partial charge in [-0.15, -0.1) is 0 Å². The van der Waals surface area contributed by atoms with E-state index >= 15 is 0 Å². The molecule has 0 heterocycles. The lowest BCUT2D eigenvalue weighted by atomic mass is 9.77. The summed E-state index contributed by atoms with van der Waals surface area (Å²) in [5, 5.41) is 0. The van der Waals surface area contributed by atoms with Crippen molar-refractivity contribution in [3.8, 4) is 0 Å². The summed E-state index contributed by atoms with van der Waals surface area (Å²) in [6, 6.07) is 55.3. The molecule has 0 saturated heterocycles. The Morgan fingerprint density at radius 3 is 0.552 bits per heavy atom. The van der Waals surface area contributed by atoms with E-state index in [1.807, 2.05) is 0 Å². The molecule has 0 aliphatic heterocycles. The molecule has 0 amide bonds. The molecule has 0 N–H and O–H groups in total. The van der Waals surface area contributed by atoms with Gasteiger partial charge in [-0.3, -0.25) is 0 Å². The van der Waals surface area contributed by atoms with Gasteiger partial charge in [0.2, 0.25) is 0 Å². The van der Waals surface area contributed by atoms with Crippen molar-refractivity contribution in [3.05, 3.63) is 212 Å². The third-order valence-electron chi connectivity index (χ3n) is 27.0. The third-order valence-corrected chi connectivity index (χ3v) is 27.0. The van der Waals surface area contributed by atoms with Crippen LogP contribution in [0.2, 0.25) is 0 Å². The molecular formula is C105H162. The second-order valence-corrected chi connectivity index (χ2v) is 35.7. The Labute approximate surface area is 651 Å². The maximum atomic E-state index is 2.35. The van der Waals surface area contributed by atoms with E-state index < -0.39 is 0 Å². The van der Waals surface area contributed by atoms with E-state index in [9.17, 15) is 0 Å². The highest BCUT2D eigenvalue weighted by Crippen LogP contribution is 2.43. The Balaban J connectivity index is 0.000000176. The zero-order valence-electron chi connectivity index (χ0n) is 70.6. The Hall–Kier alpha value is -4.68. The molecule has 6 saturated carbocycles. The van der Waals surface area contributed by atoms with Gasteiger partial charge in [0.15, 0.2) is 0 Å². The van der Waals surface area contributed by atoms with Gasteiger partial charge in [-0.25, -0.2) is 0 Å². The van der Waals surface area contributed by atoms with Gasteiger partial charge in [0.05, 0.1) is 0 Å². The molecule has 105 heavy (non-hydrogen) atoms. The number of aryl methyl sites for hydroxylation is 6. The van der Waals surface area contributed by atoms with Crippen LogP contribution in [0.25, 0.3) is 0 Å². The molecule has 582 valence electrons. The Morgan fingerprint density at radius 2 is 0.343 bits per heavy atom. The second-order valence-electron chi connectivity index (χ2n) is 35.7.